The molecule has 186 valence electrons. The fourth-order valence-electron chi connectivity index (χ4n) is 4.92. The van der Waals surface area contributed by atoms with Gasteiger partial charge < -0.3 is 21.1 Å². The predicted octanol–water partition coefficient (Wildman–Crippen LogP) is 4.48. The Labute approximate surface area is 207 Å². The molecule has 1 aliphatic heterocycles. The van der Waals surface area contributed by atoms with Crippen LogP contribution >= 0.6 is 11.6 Å². The predicted molar refractivity (Wildman–Crippen MR) is 132 cm³/mol. The van der Waals surface area contributed by atoms with Gasteiger partial charge >= 0.3 is 0 Å². The maximum absolute atomic E-state index is 15.0. The van der Waals surface area contributed by atoms with E-state index in [0.29, 0.717) is 59.7 Å². The molecule has 0 radical (unpaired) electrons. The number of nitrogens with zero attached hydrogens (tertiary/aromatic N) is 4. The average molecular weight is 502 g/mol. The van der Waals surface area contributed by atoms with Crippen LogP contribution in [0, 0.1) is 18.7 Å². The van der Waals surface area contributed by atoms with Crippen molar-refractivity contribution in [2.24, 2.45) is 11.7 Å². The summed E-state index contributed by atoms with van der Waals surface area (Å²) in [6.07, 6.45) is 6.31. The largest absolute Gasteiger partial charge is 0.381 e. The lowest BCUT2D eigenvalue weighted by Crippen LogP contribution is -2.29. The second-order valence-corrected chi connectivity index (χ2v) is 9.71. The maximum atomic E-state index is 15.0. The molecule has 11 heteroatoms. The van der Waals surface area contributed by atoms with Crippen molar-refractivity contribution < 1.29 is 13.9 Å². The molecule has 9 nitrogen and oxygen atoms in total. The Morgan fingerprint density at radius 1 is 1.17 bits per heavy atom. The quantitative estimate of drug-likeness (QED) is 0.455. The summed E-state index contributed by atoms with van der Waals surface area (Å²) in [5.74, 6) is 0.175. The van der Waals surface area contributed by atoms with Crippen LogP contribution in [-0.4, -0.2) is 44.7 Å². The Morgan fingerprint density at radius 3 is 2.63 bits per heavy atom. The highest BCUT2D eigenvalue weighted by molar-refractivity contribution is 6.31. The number of nitrogens with one attached hydrogen (secondary N) is 2. The normalized spacial score (nSPS) is 21.2. The number of aromatic nitrogens is 4. The molecule has 2 fully saturated rings. The summed E-state index contributed by atoms with van der Waals surface area (Å²) in [6, 6.07) is 3.53. The summed E-state index contributed by atoms with van der Waals surface area (Å²) in [6.45, 7) is 3.05. The summed E-state index contributed by atoms with van der Waals surface area (Å²) in [5, 5.41) is 6.92. The number of amides is 1. The van der Waals surface area contributed by atoms with Crippen LogP contribution in [0.5, 0.6) is 0 Å². The van der Waals surface area contributed by atoms with Gasteiger partial charge in [-0.2, -0.15) is 4.98 Å². The molecule has 0 spiro atoms. The standard InChI is InChI=1S/C24H29ClFN7O2/c1-13-17(25)6-7-18(20(13)26)30-24-31-19-12-28-23(29-15-8-10-35-11-9-15)32-22(19)33(24)16-4-2-14(3-5-16)21(27)34/h6-7,12,14-16H,2-5,8-11H2,1H3,(H2,27,34)(H,30,31)(H,28,29,32). The number of hydrogen-bond acceptors (Lipinski definition) is 7. The van der Waals surface area contributed by atoms with Gasteiger partial charge in [0, 0.05) is 41.8 Å². The molecular formula is C24H29ClFN7O2. The zero-order valence-corrected chi connectivity index (χ0v) is 20.3. The number of anilines is 3. The van der Waals surface area contributed by atoms with Crippen LogP contribution in [0.1, 0.15) is 50.1 Å². The molecule has 1 aliphatic carbocycles. The minimum atomic E-state index is -0.429. The highest BCUT2D eigenvalue weighted by atomic mass is 35.5. The minimum Gasteiger partial charge on any atom is -0.381 e. The van der Waals surface area contributed by atoms with Gasteiger partial charge in [0.1, 0.15) is 5.52 Å². The fourth-order valence-corrected chi connectivity index (χ4v) is 5.06. The van der Waals surface area contributed by atoms with Crippen molar-refractivity contribution in [1.82, 2.24) is 19.5 Å². The topological polar surface area (TPSA) is 120 Å². The van der Waals surface area contributed by atoms with E-state index >= 15 is 0 Å². The van der Waals surface area contributed by atoms with Crippen molar-refractivity contribution in [3.63, 3.8) is 0 Å². The van der Waals surface area contributed by atoms with Gasteiger partial charge in [-0.3, -0.25) is 9.36 Å². The van der Waals surface area contributed by atoms with Crippen LogP contribution in [0.3, 0.4) is 0 Å². The van der Waals surface area contributed by atoms with Gasteiger partial charge in [0.2, 0.25) is 17.8 Å². The van der Waals surface area contributed by atoms with E-state index in [1.54, 1.807) is 25.3 Å². The third kappa shape index (κ3) is 4.90. The summed E-state index contributed by atoms with van der Waals surface area (Å²) in [7, 11) is 0. The number of rotatable bonds is 6. The van der Waals surface area contributed by atoms with Gasteiger partial charge in [-0.1, -0.05) is 11.6 Å². The van der Waals surface area contributed by atoms with E-state index in [9.17, 15) is 9.18 Å². The third-order valence-electron chi connectivity index (χ3n) is 7.02. The molecule has 1 aromatic carbocycles. The molecule has 5 rings (SSSR count). The Morgan fingerprint density at radius 2 is 1.91 bits per heavy atom. The van der Waals surface area contributed by atoms with E-state index in [2.05, 4.69) is 15.6 Å². The first-order valence-corrected chi connectivity index (χ1v) is 12.4. The molecule has 2 aromatic heterocycles. The molecule has 35 heavy (non-hydrogen) atoms. The van der Waals surface area contributed by atoms with Gasteiger partial charge in [0.15, 0.2) is 11.5 Å². The molecule has 3 heterocycles. The number of carbonyl (C=O) groups is 1. The van der Waals surface area contributed by atoms with E-state index in [4.69, 9.17) is 32.0 Å². The van der Waals surface area contributed by atoms with Crippen LogP contribution in [0.15, 0.2) is 18.3 Å². The molecule has 0 atom stereocenters. The molecule has 1 amide bonds. The summed E-state index contributed by atoms with van der Waals surface area (Å²) in [5.41, 5.74) is 7.45. The van der Waals surface area contributed by atoms with Crippen LogP contribution in [0.2, 0.25) is 5.02 Å². The van der Waals surface area contributed by atoms with E-state index in [0.717, 1.165) is 25.7 Å². The number of nitrogens with two attached hydrogens (primary N) is 1. The Hall–Kier alpha value is -2.98. The lowest BCUT2D eigenvalue weighted by atomic mass is 9.85. The number of hydrogen-bond donors (Lipinski definition) is 3. The number of carbonyl (C=O) groups excluding carboxylic acids is 1. The van der Waals surface area contributed by atoms with Crippen LogP contribution in [0.25, 0.3) is 11.2 Å². The first-order valence-electron chi connectivity index (χ1n) is 12.0. The van der Waals surface area contributed by atoms with Crippen molar-refractivity contribution in [3.05, 3.63) is 34.7 Å². The lowest BCUT2D eigenvalue weighted by Gasteiger charge is -2.29. The fraction of sp³-hybridized carbons (Fsp3) is 0.500. The summed E-state index contributed by atoms with van der Waals surface area (Å²) in [4.78, 5) is 25.7. The number of fused-ring (bicyclic) bond motifs is 1. The second-order valence-electron chi connectivity index (χ2n) is 9.31. The molecule has 0 bridgehead atoms. The van der Waals surface area contributed by atoms with Crippen molar-refractivity contribution in [2.45, 2.75) is 57.5 Å². The zero-order chi connectivity index (χ0) is 24.5. The Bertz CT molecular complexity index is 1240. The smallest absolute Gasteiger partial charge is 0.224 e. The van der Waals surface area contributed by atoms with Gasteiger partial charge in [-0.05, 0) is 57.6 Å². The first kappa shape index (κ1) is 23.7. The number of ether oxygens (including phenoxy) is 1. The Balaban J connectivity index is 1.51. The number of benzene rings is 1. The van der Waals surface area contributed by atoms with Gasteiger partial charge in [0.25, 0.3) is 0 Å². The molecule has 4 N–H and O–H groups in total. The van der Waals surface area contributed by atoms with Crippen LogP contribution in [-0.2, 0) is 9.53 Å². The third-order valence-corrected chi connectivity index (χ3v) is 7.43. The van der Waals surface area contributed by atoms with E-state index in [-0.39, 0.29) is 29.6 Å². The van der Waals surface area contributed by atoms with Crippen molar-refractivity contribution in [3.8, 4) is 0 Å². The van der Waals surface area contributed by atoms with Crippen LogP contribution in [0.4, 0.5) is 22.0 Å². The highest BCUT2D eigenvalue weighted by Gasteiger charge is 2.29. The Kier molecular flexibility index (Phi) is 6.75. The molecule has 2 aliphatic rings. The van der Waals surface area contributed by atoms with Gasteiger partial charge in [0.05, 0.1) is 11.9 Å². The van der Waals surface area contributed by atoms with Crippen molar-refractivity contribution in [1.29, 1.82) is 0 Å². The number of imidazole rings is 1. The van der Waals surface area contributed by atoms with Crippen molar-refractivity contribution >= 4 is 46.3 Å². The second kappa shape index (κ2) is 9.94. The molecule has 1 saturated heterocycles. The number of halogens is 2. The van der Waals surface area contributed by atoms with E-state index in [1.165, 1.54) is 0 Å². The first-order chi connectivity index (χ1) is 16.9. The van der Waals surface area contributed by atoms with Crippen molar-refractivity contribution in [2.75, 3.05) is 23.8 Å². The average Bonchev–Trinajstić information content (AvgIpc) is 3.22. The highest BCUT2D eigenvalue weighted by Crippen LogP contribution is 2.37. The van der Waals surface area contributed by atoms with Crippen LogP contribution < -0.4 is 16.4 Å². The van der Waals surface area contributed by atoms with E-state index in [1.807, 2.05) is 4.57 Å². The van der Waals surface area contributed by atoms with Gasteiger partial charge in [-0.15, -0.1) is 0 Å². The summed E-state index contributed by atoms with van der Waals surface area (Å²) < 4.78 is 22.4. The maximum Gasteiger partial charge on any atom is 0.224 e. The number of primary amides is 1. The monoisotopic (exact) mass is 501 g/mol. The van der Waals surface area contributed by atoms with E-state index < -0.39 is 5.82 Å². The molecular weight excluding hydrogens is 473 g/mol. The lowest BCUT2D eigenvalue weighted by molar-refractivity contribution is -0.122. The summed E-state index contributed by atoms with van der Waals surface area (Å²) >= 11 is 6.08. The minimum absolute atomic E-state index is 0.0281. The SMILES string of the molecule is Cc1c(Cl)ccc(Nc2nc3cnc(NC4CCOCC4)nc3n2C2CCC(C(N)=O)CC2)c1F. The zero-order valence-electron chi connectivity index (χ0n) is 19.6. The molecule has 3 aromatic rings. The van der Waals surface area contributed by atoms with Gasteiger partial charge in [-0.25, -0.2) is 14.4 Å². The molecule has 1 saturated carbocycles. The molecule has 0 unspecified atom stereocenters.